The Hall–Kier alpha value is -2.50. The molecule has 1 fully saturated rings. The van der Waals surface area contributed by atoms with Crippen LogP contribution in [0.25, 0.3) is 0 Å². The highest BCUT2D eigenvalue weighted by atomic mass is 32.2. The molecule has 0 aromatic heterocycles. The molecule has 0 radical (unpaired) electrons. The van der Waals surface area contributed by atoms with Crippen LogP contribution >= 0.6 is 0 Å². The van der Waals surface area contributed by atoms with Crippen LogP contribution in [0.1, 0.15) is 18.0 Å². The van der Waals surface area contributed by atoms with E-state index >= 15 is 0 Å². The predicted octanol–water partition coefficient (Wildman–Crippen LogP) is 2.46. The van der Waals surface area contributed by atoms with Crippen LogP contribution in [0.15, 0.2) is 36.4 Å². The summed E-state index contributed by atoms with van der Waals surface area (Å²) in [5.41, 5.74) is 0.0822. The van der Waals surface area contributed by atoms with Crippen molar-refractivity contribution < 1.29 is 30.8 Å². The van der Waals surface area contributed by atoms with Crippen LogP contribution in [-0.2, 0) is 15.0 Å². The molecule has 0 bridgehead atoms. The van der Waals surface area contributed by atoms with Gasteiger partial charge in [0.15, 0.2) is 17.5 Å². The number of anilines is 1. The molecule has 2 atom stereocenters. The molecular weight excluding hydrogens is 402 g/mol. The lowest BCUT2D eigenvalue weighted by molar-refractivity contribution is -0.120. The highest BCUT2D eigenvalue weighted by Crippen LogP contribution is 2.29. The third-order valence-corrected chi connectivity index (χ3v) is 5.99. The number of benzene rings is 2. The van der Waals surface area contributed by atoms with Gasteiger partial charge in [-0.05, 0) is 24.1 Å². The number of carbonyl (C=O) groups is 1. The highest BCUT2D eigenvalue weighted by Gasteiger charge is 2.40. The molecule has 6 nitrogen and oxygen atoms in total. The average molecular weight is 417 g/mol. The monoisotopic (exact) mass is 417 g/mol. The Morgan fingerprint density at radius 1 is 1.11 bits per heavy atom. The summed E-state index contributed by atoms with van der Waals surface area (Å²) in [4.78, 5) is 12.6. The molecule has 1 amide bonds. The minimum atomic E-state index is -4.06. The van der Waals surface area contributed by atoms with Crippen molar-refractivity contribution in [2.24, 2.45) is 0 Å². The van der Waals surface area contributed by atoms with Gasteiger partial charge in [0, 0.05) is 30.9 Å². The van der Waals surface area contributed by atoms with Crippen molar-refractivity contribution in [1.82, 2.24) is 9.03 Å². The lowest BCUT2D eigenvalue weighted by Gasteiger charge is -2.36. The summed E-state index contributed by atoms with van der Waals surface area (Å²) in [5.74, 6) is -6.04. The van der Waals surface area contributed by atoms with Gasteiger partial charge >= 0.3 is 0 Å². The highest BCUT2D eigenvalue weighted by molar-refractivity contribution is 7.87. The van der Waals surface area contributed by atoms with E-state index in [9.17, 15) is 30.8 Å². The second-order valence-electron chi connectivity index (χ2n) is 6.24. The van der Waals surface area contributed by atoms with E-state index < -0.39 is 51.5 Å². The molecule has 28 heavy (non-hydrogen) atoms. The van der Waals surface area contributed by atoms with Crippen LogP contribution in [0.4, 0.5) is 23.2 Å². The molecule has 2 unspecified atom stereocenters. The number of hydrogen-bond acceptors (Lipinski definition) is 3. The molecule has 1 heterocycles. The lowest BCUT2D eigenvalue weighted by Crippen LogP contribution is -2.55. The zero-order valence-electron chi connectivity index (χ0n) is 14.4. The molecular formula is C17H15F4N3O3S. The van der Waals surface area contributed by atoms with Crippen molar-refractivity contribution in [3.8, 4) is 0 Å². The van der Waals surface area contributed by atoms with Gasteiger partial charge in [-0.1, -0.05) is 12.1 Å². The normalized spacial score (nSPS) is 22.0. The summed E-state index contributed by atoms with van der Waals surface area (Å²) in [5, 5.41) is 2.19. The minimum absolute atomic E-state index is 0.0284. The van der Waals surface area contributed by atoms with Crippen LogP contribution in [0, 0.1) is 23.3 Å². The zero-order valence-corrected chi connectivity index (χ0v) is 15.2. The fourth-order valence-electron chi connectivity index (χ4n) is 2.87. The van der Waals surface area contributed by atoms with Crippen LogP contribution in [-0.4, -0.2) is 31.7 Å². The van der Waals surface area contributed by atoms with Crippen molar-refractivity contribution in [2.75, 3.05) is 12.4 Å². The van der Waals surface area contributed by atoms with Crippen molar-refractivity contribution in [3.05, 3.63) is 65.2 Å². The molecule has 11 heteroatoms. The Balaban J connectivity index is 1.86. The Labute approximate surface area is 158 Å². The number of rotatable bonds is 3. The summed E-state index contributed by atoms with van der Waals surface area (Å²) in [6.45, 7) is 0. The van der Waals surface area contributed by atoms with Crippen LogP contribution < -0.4 is 10.0 Å². The first kappa shape index (κ1) is 20.2. The smallest absolute Gasteiger partial charge is 0.280 e. The third-order valence-electron chi connectivity index (χ3n) is 4.39. The van der Waals surface area contributed by atoms with Crippen LogP contribution in [0.5, 0.6) is 0 Å². The summed E-state index contributed by atoms with van der Waals surface area (Å²) in [7, 11) is -2.89. The standard InChI is InChI=1S/C17H15F4N3O3S/c1-24-15(17(25)22-11-6-12(19)16(21)13(20)7-11)8-14(23-28(24,26)27)9-2-4-10(18)5-3-9/h2-7,14-15,23H,8H2,1H3,(H,22,25). The lowest BCUT2D eigenvalue weighted by atomic mass is 9.99. The van der Waals surface area contributed by atoms with Crippen molar-refractivity contribution in [2.45, 2.75) is 18.5 Å². The Morgan fingerprint density at radius 2 is 1.68 bits per heavy atom. The number of halogens is 4. The number of amides is 1. The van der Waals surface area contributed by atoms with Crippen molar-refractivity contribution in [3.63, 3.8) is 0 Å². The fraction of sp³-hybridized carbons (Fsp3) is 0.235. The second-order valence-corrected chi connectivity index (χ2v) is 8.00. The van der Waals surface area contributed by atoms with E-state index in [4.69, 9.17) is 0 Å². The maximum absolute atomic E-state index is 13.3. The van der Waals surface area contributed by atoms with E-state index in [2.05, 4.69) is 10.0 Å². The summed E-state index contributed by atoms with van der Waals surface area (Å²) in [6.07, 6.45) is -0.0284. The van der Waals surface area contributed by atoms with Gasteiger partial charge in [0.2, 0.25) is 5.91 Å². The molecule has 1 saturated heterocycles. The molecule has 0 saturated carbocycles. The van der Waals surface area contributed by atoms with Gasteiger partial charge in [-0.2, -0.15) is 17.4 Å². The van der Waals surface area contributed by atoms with Gasteiger partial charge in [-0.15, -0.1) is 0 Å². The molecule has 2 aromatic carbocycles. The number of nitrogens with zero attached hydrogens (tertiary/aromatic N) is 1. The Bertz CT molecular complexity index is 992. The van der Waals surface area contributed by atoms with Crippen LogP contribution in [0.3, 0.4) is 0 Å². The predicted molar refractivity (Wildman–Crippen MR) is 92.3 cm³/mol. The van der Waals surface area contributed by atoms with Crippen molar-refractivity contribution in [1.29, 1.82) is 0 Å². The molecule has 1 aliphatic heterocycles. The van der Waals surface area contributed by atoms with E-state index in [1.807, 2.05) is 0 Å². The van der Waals surface area contributed by atoms with Gasteiger partial charge in [0.05, 0.1) is 0 Å². The largest absolute Gasteiger partial charge is 0.324 e. The van der Waals surface area contributed by atoms with E-state index in [1.54, 1.807) is 0 Å². The number of nitrogens with one attached hydrogen (secondary N) is 2. The van der Waals surface area contributed by atoms with Gasteiger partial charge in [0.1, 0.15) is 11.9 Å². The van der Waals surface area contributed by atoms with Crippen LogP contribution in [0.2, 0.25) is 0 Å². The topological polar surface area (TPSA) is 78.5 Å². The van der Waals surface area contributed by atoms with E-state index in [0.29, 0.717) is 17.7 Å². The van der Waals surface area contributed by atoms with Gasteiger partial charge < -0.3 is 5.32 Å². The molecule has 0 aliphatic carbocycles. The second kappa shape index (κ2) is 7.49. The molecule has 2 aromatic rings. The molecule has 150 valence electrons. The summed E-state index contributed by atoms with van der Waals surface area (Å²) in [6, 6.07) is 4.20. The maximum atomic E-state index is 13.3. The Morgan fingerprint density at radius 3 is 2.25 bits per heavy atom. The van der Waals surface area contributed by atoms with Gasteiger partial charge in [0.25, 0.3) is 10.2 Å². The molecule has 3 rings (SSSR count). The zero-order chi connectivity index (χ0) is 20.6. The van der Waals surface area contributed by atoms with Gasteiger partial charge in [-0.25, -0.2) is 17.6 Å². The summed E-state index contributed by atoms with van der Waals surface area (Å²) >= 11 is 0. The van der Waals surface area contributed by atoms with E-state index in [-0.39, 0.29) is 12.1 Å². The number of carbonyl (C=O) groups excluding carboxylic acids is 1. The first-order valence-corrected chi connectivity index (χ1v) is 9.48. The van der Waals surface area contributed by atoms with E-state index in [0.717, 1.165) is 16.4 Å². The quantitative estimate of drug-likeness (QED) is 0.595. The Kier molecular flexibility index (Phi) is 5.41. The first-order valence-electron chi connectivity index (χ1n) is 8.04. The molecule has 1 aliphatic rings. The summed E-state index contributed by atoms with van der Waals surface area (Å²) < 4.78 is 80.7. The SMILES string of the molecule is CN1C(C(=O)Nc2cc(F)c(F)c(F)c2)CC(c2ccc(F)cc2)NS1(=O)=O. The average Bonchev–Trinajstić information content (AvgIpc) is 2.62. The molecule has 0 spiro atoms. The molecule has 2 N–H and O–H groups in total. The minimum Gasteiger partial charge on any atom is -0.324 e. The van der Waals surface area contributed by atoms with E-state index in [1.165, 1.54) is 19.2 Å². The number of hydrogen-bond donors (Lipinski definition) is 2. The van der Waals surface area contributed by atoms with Gasteiger partial charge in [-0.3, -0.25) is 4.79 Å². The number of likely N-dealkylation sites (N-methyl/N-ethyl adjacent to an activating group) is 1. The maximum Gasteiger partial charge on any atom is 0.280 e. The third kappa shape index (κ3) is 4.01. The van der Waals surface area contributed by atoms with Crippen molar-refractivity contribution >= 4 is 21.8 Å². The fourth-order valence-corrected chi connectivity index (χ4v) is 4.15. The first-order chi connectivity index (χ1) is 13.1.